The van der Waals surface area contributed by atoms with E-state index in [-0.39, 0.29) is 11.5 Å². The smallest absolute Gasteiger partial charge is 0.271 e. The number of hydrogen-bond donors (Lipinski definition) is 0. The zero-order valence-electron chi connectivity index (χ0n) is 22.0. The fourth-order valence-electron chi connectivity index (χ4n) is 4.76. The van der Waals surface area contributed by atoms with Gasteiger partial charge in [-0.05, 0) is 76.1 Å². The van der Waals surface area contributed by atoms with Crippen LogP contribution in [-0.4, -0.2) is 41.6 Å². The van der Waals surface area contributed by atoms with Crippen molar-refractivity contribution >= 4 is 40.6 Å². The zero-order valence-corrected chi connectivity index (χ0v) is 23.6. The second-order valence-corrected chi connectivity index (χ2v) is 10.3. The Morgan fingerprint density at radius 1 is 1.00 bits per heavy atom. The molecule has 1 aromatic heterocycles. The summed E-state index contributed by atoms with van der Waals surface area (Å²) in [6, 6.07) is 15.0. The van der Waals surface area contributed by atoms with Gasteiger partial charge in [0.15, 0.2) is 4.80 Å². The molecule has 0 radical (unpaired) electrons. The molecule has 2 heterocycles. The lowest BCUT2D eigenvalue weighted by Crippen LogP contribution is -2.43. The van der Waals surface area contributed by atoms with Crippen LogP contribution in [0.15, 0.2) is 69.6 Å². The summed E-state index contributed by atoms with van der Waals surface area (Å²) in [5.41, 5.74) is 3.92. The summed E-state index contributed by atoms with van der Waals surface area (Å²) in [7, 11) is 0. The van der Waals surface area contributed by atoms with Crippen molar-refractivity contribution in [3.8, 4) is 0 Å². The highest BCUT2D eigenvalue weighted by molar-refractivity contribution is 7.07. The van der Waals surface area contributed by atoms with E-state index in [9.17, 15) is 9.59 Å². The van der Waals surface area contributed by atoms with Crippen molar-refractivity contribution < 1.29 is 4.79 Å². The first-order valence-electron chi connectivity index (χ1n) is 12.7. The van der Waals surface area contributed by atoms with Crippen molar-refractivity contribution in [3.05, 3.63) is 95.6 Å². The van der Waals surface area contributed by atoms with Gasteiger partial charge in [0.05, 0.1) is 21.8 Å². The van der Waals surface area contributed by atoms with Crippen LogP contribution in [0, 0.1) is 0 Å². The van der Waals surface area contributed by atoms with Gasteiger partial charge in [-0.2, -0.15) is 0 Å². The summed E-state index contributed by atoms with van der Waals surface area (Å²) in [4.78, 5) is 36.8. The van der Waals surface area contributed by atoms with Crippen molar-refractivity contribution in [2.45, 2.75) is 40.7 Å². The fraction of sp³-hybridized carbons (Fsp3) is 0.345. The number of carbonyl (C=O) groups is 1. The number of allylic oxidation sites excluding steroid dienone is 1. The number of halogens is 1. The number of benzene rings is 2. The molecular weight excluding hydrogens is 504 g/mol. The number of anilines is 1. The average molecular weight is 537 g/mol. The number of thiazole rings is 1. The van der Waals surface area contributed by atoms with Crippen molar-refractivity contribution in [2.24, 2.45) is 4.99 Å². The Bertz CT molecular complexity index is 1480. The minimum absolute atomic E-state index is 0.104. The molecule has 1 amide bonds. The molecule has 194 valence electrons. The van der Waals surface area contributed by atoms with Crippen LogP contribution >= 0.6 is 22.9 Å². The van der Waals surface area contributed by atoms with Gasteiger partial charge in [-0.25, -0.2) is 4.99 Å². The summed E-state index contributed by atoms with van der Waals surface area (Å²) in [6.45, 7) is 13.1. The maximum absolute atomic E-state index is 13.8. The third-order valence-corrected chi connectivity index (χ3v) is 8.04. The van der Waals surface area contributed by atoms with Crippen LogP contribution in [0.1, 0.15) is 51.8 Å². The maximum atomic E-state index is 13.8. The Kier molecular flexibility index (Phi) is 8.35. The molecule has 0 aliphatic carbocycles. The molecular formula is C29H33ClN4O2S. The largest absolute Gasteiger partial charge is 0.372 e. The molecule has 37 heavy (non-hydrogen) atoms. The number of likely N-dealkylation sites (N-methyl/N-ethyl adjacent to an activating group) is 1. The number of rotatable bonds is 8. The number of carbonyl (C=O) groups excluding carboxylic acids is 1. The van der Waals surface area contributed by atoms with Gasteiger partial charge in [-0.1, -0.05) is 47.2 Å². The lowest BCUT2D eigenvalue weighted by Gasteiger charge is -2.29. The Labute approximate surface area is 226 Å². The molecule has 0 bridgehead atoms. The van der Waals surface area contributed by atoms with E-state index in [1.165, 1.54) is 11.3 Å². The van der Waals surface area contributed by atoms with Crippen molar-refractivity contribution in [3.63, 3.8) is 0 Å². The number of nitrogens with zero attached hydrogens (tertiary/aromatic N) is 4. The van der Waals surface area contributed by atoms with E-state index in [4.69, 9.17) is 16.6 Å². The number of hydrogen-bond acceptors (Lipinski definition) is 5. The van der Waals surface area contributed by atoms with E-state index in [1.807, 2.05) is 51.1 Å². The van der Waals surface area contributed by atoms with Gasteiger partial charge >= 0.3 is 0 Å². The summed E-state index contributed by atoms with van der Waals surface area (Å²) in [5.74, 6) is -0.104. The first-order chi connectivity index (χ1) is 17.8. The third-order valence-electron chi connectivity index (χ3n) is 6.81. The minimum atomic E-state index is -0.575. The molecule has 1 atom stereocenters. The highest BCUT2D eigenvalue weighted by atomic mass is 35.5. The standard InChI is InChI=1S/C29H33ClN4O2S/c1-6-32(7-2)23-16-10-20(11-17-23)18-24-27(35)34-26(21-12-14-22(30)15-13-21)25(19(5)31-29(34)37-24)28(36)33(8-3)9-4/h10-18,26H,6-9H2,1-5H3/b24-18+/t26-/m1/s1. The van der Waals surface area contributed by atoms with E-state index in [1.54, 1.807) is 21.6 Å². The topological polar surface area (TPSA) is 57.9 Å². The monoisotopic (exact) mass is 536 g/mol. The van der Waals surface area contributed by atoms with Crippen molar-refractivity contribution in [1.29, 1.82) is 0 Å². The van der Waals surface area contributed by atoms with Crippen LogP contribution in [0.4, 0.5) is 5.69 Å². The summed E-state index contributed by atoms with van der Waals surface area (Å²) < 4.78 is 2.24. The second-order valence-electron chi connectivity index (χ2n) is 8.87. The quantitative estimate of drug-likeness (QED) is 0.422. The van der Waals surface area contributed by atoms with E-state index >= 15 is 0 Å². The molecule has 2 aromatic carbocycles. The van der Waals surface area contributed by atoms with Crippen LogP contribution in [0.5, 0.6) is 0 Å². The summed E-state index contributed by atoms with van der Waals surface area (Å²) in [6.07, 6.45) is 1.90. The van der Waals surface area contributed by atoms with Crippen LogP contribution in [-0.2, 0) is 4.79 Å². The van der Waals surface area contributed by atoms with Crippen LogP contribution in [0.25, 0.3) is 6.08 Å². The molecule has 0 saturated carbocycles. The van der Waals surface area contributed by atoms with E-state index < -0.39 is 6.04 Å². The van der Waals surface area contributed by atoms with Gasteiger partial charge in [-0.15, -0.1) is 0 Å². The average Bonchev–Trinajstić information content (AvgIpc) is 3.20. The molecule has 8 heteroatoms. The summed E-state index contributed by atoms with van der Waals surface area (Å²) >= 11 is 7.52. The number of aromatic nitrogens is 1. The molecule has 0 spiro atoms. The molecule has 0 unspecified atom stereocenters. The van der Waals surface area contributed by atoms with Gasteiger partial charge in [-0.3, -0.25) is 14.2 Å². The zero-order chi connectivity index (χ0) is 26.7. The Hall–Kier alpha value is -3.16. The molecule has 4 rings (SSSR count). The molecule has 0 N–H and O–H groups in total. The van der Waals surface area contributed by atoms with Gasteiger partial charge in [0.2, 0.25) is 0 Å². The molecule has 3 aromatic rings. The highest BCUT2D eigenvalue weighted by Crippen LogP contribution is 2.31. The van der Waals surface area contributed by atoms with E-state index in [2.05, 4.69) is 30.9 Å². The number of fused-ring (bicyclic) bond motifs is 1. The van der Waals surface area contributed by atoms with Crippen LogP contribution in [0.2, 0.25) is 5.02 Å². The van der Waals surface area contributed by atoms with Gasteiger partial charge in [0, 0.05) is 36.9 Å². The maximum Gasteiger partial charge on any atom is 0.271 e. The lowest BCUT2D eigenvalue weighted by atomic mass is 9.94. The minimum Gasteiger partial charge on any atom is -0.372 e. The predicted octanol–water partition coefficient (Wildman–Crippen LogP) is 4.60. The fourth-order valence-corrected chi connectivity index (χ4v) is 5.93. The predicted molar refractivity (Wildman–Crippen MR) is 153 cm³/mol. The molecule has 0 fully saturated rings. The Morgan fingerprint density at radius 2 is 1.62 bits per heavy atom. The first-order valence-corrected chi connectivity index (χ1v) is 13.9. The second kappa shape index (κ2) is 11.5. The van der Waals surface area contributed by atoms with Crippen molar-refractivity contribution in [2.75, 3.05) is 31.1 Å². The molecule has 1 aliphatic rings. The molecule has 1 aliphatic heterocycles. The molecule has 0 saturated heterocycles. The van der Waals surface area contributed by atoms with Gasteiger partial charge in [0.25, 0.3) is 11.5 Å². The summed E-state index contributed by atoms with van der Waals surface area (Å²) in [5, 5.41) is 0.599. The molecule has 6 nitrogen and oxygen atoms in total. The SMILES string of the molecule is CCN(CC)C(=O)C1=C(C)N=c2s/c(=C/c3ccc(N(CC)CC)cc3)c(=O)n2[C@@H]1c1ccc(Cl)cc1. The van der Waals surface area contributed by atoms with E-state index in [0.717, 1.165) is 29.9 Å². The Balaban J connectivity index is 1.86. The normalized spacial score (nSPS) is 15.4. The lowest BCUT2D eigenvalue weighted by molar-refractivity contribution is -0.127. The Morgan fingerprint density at radius 3 is 2.19 bits per heavy atom. The number of amides is 1. The highest BCUT2D eigenvalue weighted by Gasteiger charge is 2.34. The van der Waals surface area contributed by atoms with Gasteiger partial charge in [0.1, 0.15) is 0 Å². The van der Waals surface area contributed by atoms with Crippen LogP contribution < -0.4 is 19.8 Å². The van der Waals surface area contributed by atoms with Crippen LogP contribution in [0.3, 0.4) is 0 Å². The third kappa shape index (κ3) is 5.29. The van der Waals surface area contributed by atoms with Gasteiger partial charge < -0.3 is 9.80 Å². The first kappa shape index (κ1) is 26.9. The van der Waals surface area contributed by atoms with Crippen molar-refractivity contribution in [1.82, 2.24) is 9.47 Å². The van der Waals surface area contributed by atoms with E-state index in [0.29, 0.717) is 38.7 Å².